The molecular weight excluding hydrogens is 199 g/mol. The van der Waals surface area contributed by atoms with Crippen molar-refractivity contribution in [3.8, 4) is 0 Å². The van der Waals surface area contributed by atoms with E-state index in [-0.39, 0.29) is 0 Å². The molecule has 0 aliphatic carbocycles. The first kappa shape index (κ1) is 13.6. The van der Waals surface area contributed by atoms with Crippen LogP contribution in [0.4, 0.5) is 0 Å². The van der Waals surface area contributed by atoms with Gasteiger partial charge < -0.3 is 9.05 Å². The molecule has 0 aromatic rings. The van der Waals surface area contributed by atoms with E-state index in [9.17, 15) is 4.57 Å². The van der Waals surface area contributed by atoms with Gasteiger partial charge in [-0.15, -0.1) is 0 Å². The van der Waals surface area contributed by atoms with Gasteiger partial charge in [0.1, 0.15) is 0 Å². The topological polar surface area (TPSA) is 35.5 Å². The van der Waals surface area contributed by atoms with E-state index >= 15 is 0 Å². The van der Waals surface area contributed by atoms with E-state index in [1.165, 1.54) is 0 Å². The van der Waals surface area contributed by atoms with Gasteiger partial charge >= 0.3 is 8.25 Å². The lowest BCUT2D eigenvalue weighted by molar-refractivity contribution is 0.260. The molecule has 0 fully saturated rings. The van der Waals surface area contributed by atoms with Gasteiger partial charge in [0.2, 0.25) is 0 Å². The minimum Gasteiger partial charge on any atom is -0.306 e. The minimum atomic E-state index is -2.32. The van der Waals surface area contributed by atoms with Crippen LogP contribution in [-0.4, -0.2) is 13.2 Å². The first-order valence-electron chi connectivity index (χ1n) is 4.58. The van der Waals surface area contributed by atoms with Gasteiger partial charge in [-0.3, -0.25) is 4.57 Å². The largest absolute Gasteiger partial charge is 0.319 e. The lowest BCUT2D eigenvalue weighted by atomic mass is 10.3. The summed E-state index contributed by atoms with van der Waals surface area (Å²) in [5.41, 5.74) is 2.29. The number of hydrogen-bond donors (Lipinski definition) is 0. The molecule has 0 saturated carbocycles. The zero-order valence-corrected chi connectivity index (χ0v) is 10.3. The molecule has 0 unspecified atom stereocenters. The Hall–Kier alpha value is -0.370. The van der Waals surface area contributed by atoms with Crippen LogP contribution in [0.5, 0.6) is 0 Å². The fraction of sp³-hybridized carbons (Fsp3) is 0.600. The van der Waals surface area contributed by atoms with Crippen molar-refractivity contribution in [2.24, 2.45) is 0 Å². The maximum absolute atomic E-state index is 11.1. The highest BCUT2D eigenvalue weighted by atomic mass is 31.1. The normalized spacial score (nSPS) is 10.1. The maximum atomic E-state index is 11.1. The van der Waals surface area contributed by atoms with Crippen molar-refractivity contribution in [3.05, 3.63) is 23.3 Å². The van der Waals surface area contributed by atoms with E-state index < -0.39 is 8.25 Å². The van der Waals surface area contributed by atoms with Crippen LogP contribution in [0.2, 0.25) is 0 Å². The third-order valence-corrected chi connectivity index (χ3v) is 2.19. The second kappa shape index (κ2) is 7.98. The smallest absolute Gasteiger partial charge is 0.306 e. The summed E-state index contributed by atoms with van der Waals surface area (Å²) in [6, 6.07) is 0. The summed E-state index contributed by atoms with van der Waals surface area (Å²) in [5.74, 6) is 0. The van der Waals surface area contributed by atoms with E-state index in [0.717, 1.165) is 11.1 Å². The van der Waals surface area contributed by atoms with Crippen LogP contribution in [0.25, 0.3) is 0 Å². The molecule has 14 heavy (non-hydrogen) atoms. The summed E-state index contributed by atoms with van der Waals surface area (Å²) in [6.45, 7) is 8.56. The Balaban J connectivity index is 3.57. The Morgan fingerprint density at radius 3 is 1.64 bits per heavy atom. The van der Waals surface area contributed by atoms with Crippen LogP contribution in [0.1, 0.15) is 27.7 Å². The van der Waals surface area contributed by atoms with Crippen LogP contribution in [0, 0.1) is 0 Å². The van der Waals surface area contributed by atoms with Gasteiger partial charge in [0.15, 0.2) is 0 Å². The Labute approximate surface area is 86.7 Å². The second-order valence-corrected chi connectivity index (χ2v) is 4.51. The molecule has 0 rings (SSSR count). The molecule has 0 aromatic carbocycles. The lowest BCUT2D eigenvalue weighted by Gasteiger charge is -2.01. The summed E-state index contributed by atoms with van der Waals surface area (Å²) >= 11 is 0. The lowest BCUT2D eigenvalue weighted by Crippen LogP contribution is -1.87. The maximum Gasteiger partial charge on any atom is 0.319 e. The van der Waals surface area contributed by atoms with Crippen molar-refractivity contribution in [2.45, 2.75) is 27.7 Å². The molecule has 0 atom stereocenters. The van der Waals surface area contributed by atoms with Crippen molar-refractivity contribution >= 4 is 8.25 Å². The van der Waals surface area contributed by atoms with Crippen LogP contribution in [0.3, 0.4) is 0 Å². The van der Waals surface area contributed by atoms with Gasteiger partial charge in [-0.25, -0.2) is 0 Å². The van der Waals surface area contributed by atoms with Crippen molar-refractivity contribution in [1.29, 1.82) is 0 Å². The Kier molecular flexibility index (Phi) is 7.77. The molecule has 0 spiro atoms. The quantitative estimate of drug-likeness (QED) is 0.506. The minimum absolute atomic E-state index is 0.356. The molecule has 0 aliphatic rings. The first-order chi connectivity index (χ1) is 6.52. The zero-order valence-electron chi connectivity index (χ0n) is 9.29. The van der Waals surface area contributed by atoms with Crippen molar-refractivity contribution in [3.63, 3.8) is 0 Å². The monoisotopic (exact) mass is 218 g/mol. The third kappa shape index (κ3) is 9.72. The predicted octanol–water partition coefficient (Wildman–Crippen LogP) is 3.34. The summed E-state index contributed by atoms with van der Waals surface area (Å²) in [6.07, 6.45) is 3.74. The fourth-order valence-electron chi connectivity index (χ4n) is 0.594. The predicted molar refractivity (Wildman–Crippen MR) is 59.8 cm³/mol. The summed E-state index contributed by atoms with van der Waals surface area (Å²) in [5, 5.41) is 0. The van der Waals surface area contributed by atoms with Gasteiger partial charge in [0.05, 0.1) is 13.2 Å². The molecule has 0 amide bonds. The number of allylic oxidation sites excluding steroid dienone is 2. The summed E-state index contributed by atoms with van der Waals surface area (Å²) < 4.78 is 21.0. The molecule has 0 saturated heterocycles. The van der Waals surface area contributed by atoms with Crippen molar-refractivity contribution in [2.75, 3.05) is 13.2 Å². The SMILES string of the molecule is CC(C)=CCO[PH](=O)OCC=C(C)C. The van der Waals surface area contributed by atoms with E-state index in [1.807, 2.05) is 39.8 Å². The van der Waals surface area contributed by atoms with Gasteiger partial charge in [-0.2, -0.15) is 0 Å². The highest BCUT2D eigenvalue weighted by molar-refractivity contribution is 7.33. The summed E-state index contributed by atoms with van der Waals surface area (Å²) in [7, 11) is -2.32. The Bertz CT molecular complexity index is 212. The van der Waals surface area contributed by atoms with Crippen molar-refractivity contribution in [1.82, 2.24) is 0 Å². The van der Waals surface area contributed by atoms with Crippen molar-refractivity contribution < 1.29 is 13.6 Å². The zero-order chi connectivity index (χ0) is 11.0. The Morgan fingerprint density at radius 1 is 1.00 bits per heavy atom. The molecule has 0 aliphatic heterocycles. The van der Waals surface area contributed by atoms with Crippen LogP contribution in [0.15, 0.2) is 23.3 Å². The molecule has 0 heterocycles. The second-order valence-electron chi connectivity index (χ2n) is 3.43. The van der Waals surface area contributed by atoms with Gasteiger partial charge in [-0.05, 0) is 27.7 Å². The third-order valence-electron chi connectivity index (χ3n) is 1.39. The van der Waals surface area contributed by atoms with Crippen LogP contribution in [-0.2, 0) is 13.6 Å². The van der Waals surface area contributed by atoms with E-state index in [1.54, 1.807) is 0 Å². The molecule has 0 N–H and O–H groups in total. The average Bonchev–Trinajstić information content (AvgIpc) is 2.02. The van der Waals surface area contributed by atoms with Crippen LogP contribution < -0.4 is 0 Å². The summed E-state index contributed by atoms with van der Waals surface area (Å²) in [4.78, 5) is 0. The number of rotatable bonds is 6. The molecular formula is C10H19O3P. The molecule has 3 nitrogen and oxygen atoms in total. The van der Waals surface area contributed by atoms with Crippen LogP contribution >= 0.6 is 8.25 Å². The molecule has 0 aromatic heterocycles. The highest BCUT2D eigenvalue weighted by Crippen LogP contribution is 2.23. The van der Waals surface area contributed by atoms with Gasteiger partial charge in [0, 0.05) is 0 Å². The molecule has 82 valence electrons. The van der Waals surface area contributed by atoms with E-state index in [0.29, 0.717) is 13.2 Å². The average molecular weight is 218 g/mol. The fourth-order valence-corrected chi connectivity index (χ4v) is 1.12. The van der Waals surface area contributed by atoms with E-state index in [4.69, 9.17) is 9.05 Å². The first-order valence-corrected chi connectivity index (χ1v) is 5.81. The standard InChI is InChI=1S/C10H19O3P/c1-9(2)5-7-12-14(11)13-8-6-10(3)4/h5-6,14H,7-8H2,1-4H3. The van der Waals surface area contributed by atoms with E-state index in [2.05, 4.69) is 0 Å². The van der Waals surface area contributed by atoms with Gasteiger partial charge in [-0.1, -0.05) is 23.3 Å². The number of hydrogen-bond acceptors (Lipinski definition) is 3. The Morgan fingerprint density at radius 2 is 1.36 bits per heavy atom. The van der Waals surface area contributed by atoms with Gasteiger partial charge in [0.25, 0.3) is 0 Å². The molecule has 0 bridgehead atoms. The molecule has 0 radical (unpaired) electrons. The highest BCUT2D eigenvalue weighted by Gasteiger charge is 1.95. The molecule has 4 heteroatoms.